The van der Waals surface area contributed by atoms with Crippen LogP contribution in [0.2, 0.25) is 0 Å². The largest absolute Gasteiger partial charge is 0.329 e. The molecule has 0 aromatic heterocycles. The van der Waals surface area contributed by atoms with E-state index in [1.54, 1.807) is 9.80 Å². The molecule has 114 valence electrons. The minimum absolute atomic E-state index is 0.0595. The van der Waals surface area contributed by atoms with Gasteiger partial charge in [-0.1, -0.05) is 13.8 Å². The molecule has 2 aliphatic heterocycles. The summed E-state index contributed by atoms with van der Waals surface area (Å²) in [5.41, 5.74) is 0. The van der Waals surface area contributed by atoms with Gasteiger partial charge in [-0.3, -0.25) is 13.8 Å². The monoisotopic (exact) mass is 300 g/mol. The van der Waals surface area contributed by atoms with Crippen LogP contribution in [0, 0.1) is 0 Å². The second kappa shape index (κ2) is 6.70. The van der Waals surface area contributed by atoms with Gasteiger partial charge in [-0.2, -0.15) is 0 Å². The Hall–Kier alpha value is -0.910. The summed E-state index contributed by atoms with van der Waals surface area (Å²) < 4.78 is 11.6. The second-order valence-electron chi connectivity index (χ2n) is 5.43. The van der Waals surface area contributed by atoms with Gasteiger partial charge in [0, 0.05) is 35.4 Å². The summed E-state index contributed by atoms with van der Waals surface area (Å²) in [6.45, 7) is 4.96. The van der Waals surface area contributed by atoms with Crippen molar-refractivity contribution in [1.29, 1.82) is 0 Å². The summed E-state index contributed by atoms with van der Waals surface area (Å²) in [6, 6.07) is -0.625. The molecule has 3 atom stereocenters. The Labute approximate surface area is 123 Å². The highest BCUT2D eigenvalue weighted by molar-refractivity contribution is 7.84. The number of fused-ring (bicyclic) bond motifs is 1. The van der Waals surface area contributed by atoms with E-state index in [0.717, 1.165) is 19.3 Å². The predicted octanol–water partition coefficient (Wildman–Crippen LogP) is 0.757. The van der Waals surface area contributed by atoms with Crippen LogP contribution in [0.25, 0.3) is 0 Å². The van der Waals surface area contributed by atoms with E-state index in [2.05, 4.69) is 0 Å². The van der Waals surface area contributed by atoms with Crippen molar-refractivity contribution in [3.8, 4) is 0 Å². The maximum absolute atomic E-state index is 12.6. The summed E-state index contributed by atoms with van der Waals surface area (Å²) in [4.78, 5) is 28.6. The average Bonchev–Trinajstić information content (AvgIpc) is 2.49. The zero-order valence-electron chi connectivity index (χ0n) is 12.3. The number of hydrogen-bond acceptors (Lipinski definition) is 3. The van der Waals surface area contributed by atoms with Crippen molar-refractivity contribution in [2.24, 2.45) is 0 Å². The van der Waals surface area contributed by atoms with Crippen molar-refractivity contribution in [3.05, 3.63) is 0 Å². The summed E-state index contributed by atoms with van der Waals surface area (Å²) in [7, 11) is -0.900. The number of amides is 2. The number of rotatable bonds is 5. The van der Waals surface area contributed by atoms with Gasteiger partial charge < -0.3 is 9.80 Å². The highest BCUT2D eigenvalue weighted by Gasteiger charge is 2.45. The Bertz CT molecular complexity index is 413. The van der Waals surface area contributed by atoms with Gasteiger partial charge in [0.2, 0.25) is 11.8 Å². The minimum Gasteiger partial charge on any atom is -0.329 e. The molecule has 2 heterocycles. The molecule has 0 aromatic carbocycles. The van der Waals surface area contributed by atoms with Crippen LogP contribution in [0.5, 0.6) is 0 Å². The van der Waals surface area contributed by atoms with E-state index in [4.69, 9.17) is 0 Å². The first kappa shape index (κ1) is 15.5. The molecular weight excluding hydrogens is 276 g/mol. The zero-order valence-corrected chi connectivity index (χ0v) is 13.2. The molecule has 20 heavy (non-hydrogen) atoms. The average molecular weight is 300 g/mol. The van der Waals surface area contributed by atoms with Crippen LogP contribution < -0.4 is 0 Å². The second-order valence-corrected chi connectivity index (χ2v) is 7.30. The highest BCUT2D eigenvalue weighted by atomic mass is 32.2. The normalized spacial score (nSPS) is 28.5. The van der Waals surface area contributed by atoms with Gasteiger partial charge in [0.25, 0.3) is 0 Å². The topological polar surface area (TPSA) is 57.7 Å². The Morgan fingerprint density at radius 3 is 2.60 bits per heavy atom. The summed E-state index contributed by atoms with van der Waals surface area (Å²) in [5.74, 6) is 1.21. The molecule has 2 aliphatic rings. The smallest absolute Gasteiger partial charge is 0.246 e. The van der Waals surface area contributed by atoms with Crippen molar-refractivity contribution < 1.29 is 13.8 Å². The Kier molecular flexibility index (Phi) is 5.18. The quantitative estimate of drug-likeness (QED) is 0.753. The molecule has 2 fully saturated rings. The van der Waals surface area contributed by atoms with E-state index in [9.17, 15) is 13.8 Å². The summed E-state index contributed by atoms with van der Waals surface area (Å²) in [5, 5.41) is 0. The molecule has 6 heteroatoms. The maximum atomic E-state index is 12.6. The number of piperazine rings is 1. The van der Waals surface area contributed by atoms with Crippen LogP contribution in [-0.4, -0.2) is 62.5 Å². The minimum atomic E-state index is -0.900. The molecule has 0 radical (unpaired) electrons. The lowest BCUT2D eigenvalue weighted by Crippen LogP contribution is -2.66. The fourth-order valence-corrected chi connectivity index (χ4v) is 3.82. The molecule has 2 rings (SSSR count). The van der Waals surface area contributed by atoms with Crippen molar-refractivity contribution in [2.45, 2.75) is 51.6 Å². The summed E-state index contributed by atoms with van der Waals surface area (Å²) >= 11 is 0. The number of hydrogen-bond donors (Lipinski definition) is 0. The van der Waals surface area contributed by atoms with Gasteiger partial charge in [0.05, 0.1) is 0 Å². The van der Waals surface area contributed by atoms with Crippen molar-refractivity contribution in [2.75, 3.05) is 24.6 Å². The van der Waals surface area contributed by atoms with E-state index in [0.29, 0.717) is 31.0 Å². The Morgan fingerprint density at radius 2 is 1.95 bits per heavy atom. The lowest BCUT2D eigenvalue weighted by atomic mass is 9.94. The Morgan fingerprint density at radius 1 is 1.20 bits per heavy atom. The van der Waals surface area contributed by atoms with Crippen LogP contribution in [-0.2, 0) is 20.4 Å². The molecule has 2 amide bonds. The third-order valence-electron chi connectivity index (χ3n) is 4.28. The van der Waals surface area contributed by atoms with Gasteiger partial charge in [0.15, 0.2) is 0 Å². The molecule has 5 nitrogen and oxygen atoms in total. The number of carbonyl (C=O) groups excluding carboxylic acids is 2. The predicted molar refractivity (Wildman–Crippen MR) is 78.7 cm³/mol. The molecule has 0 aromatic rings. The van der Waals surface area contributed by atoms with Gasteiger partial charge in [-0.15, -0.1) is 0 Å². The van der Waals surface area contributed by atoms with Crippen LogP contribution in [0.1, 0.15) is 39.5 Å². The number of piperidine rings is 1. The van der Waals surface area contributed by atoms with Crippen molar-refractivity contribution in [3.63, 3.8) is 0 Å². The molecule has 0 saturated carbocycles. The van der Waals surface area contributed by atoms with Gasteiger partial charge in [-0.25, -0.2) is 0 Å². The standard InChI is InChI=1S/C14H24N2O3S/c1-3-11-13(17)15-8-6-5-7-12(15)14(18)16(11)9-10-20(19)4-2/h11-12H,3-10H2,1-2H3. The van der Waals surface area contributed by atoms with Gasteiger partial charge >= 0.3 is 0 Å². The SMILES string of the molecule is CCC1C(=O)N2CCCCC2C(=O)N1CCS(=O)CC. The molecule has 0 spiro atoms. The van der Waals surface area contributed by atoms with E-state index < -0.39 is 10.8 Å². The van der Waals surface area contributed by atoms with E-state index >= 15 is 0 Å². The molecule has 0 aliphatic carbocycles. The fourth-order valence-electron chi connectivity index (χ4n) is 3.13. The maximum Gasteiger partial charge on any atom is 0.246 e. The van der Waals surface area contributed by atoms with Gasteiger partial charge in [0.1, 0.15) is 12.1 Å². The molecule has 0 bridgehead atoms. The van der Waals surface area contributed by atoms with E-state index in [-0.39, 0.29) is 23.9 Å². The number of nitrogens with zero attached hydrogens (tertiary/aromatic N) is 2. The third kappa shape index (κ3) is 2.90. The number of carbonyl (C=O) groups is 2. The first-order chi connectivity index (χ1) is 9.60. The highest BCUT2D eigenvalue weighted by Crippen LogP contribution is 2.27. The lowest BCUT2D eigenvalue weighted by molar-refractivity contribution is -0.163. The zero-order chi connectivity index (χ0) is 14.7. The molecule has 3 unspecified atom stereocenters. The molecule has 0 N–H and O–H groups in total. The Balaban J connectivity index is 2.13. The van der Waals surface area contributed by atoms with Crippen LogP contribution in [0.4, 0.5) is 0 Å². The summed E-state index contributed by atoms with van der Waals surface area (Å²) in [6.07, 6.45) is 3.40. The third-order valence-corrected chi connectivity index (χ3v) is 5.57. The van der Waals surface area contributed by atoms with Crippen molar-refractivity contribution >= 4 is 22.6 Å². The van der Waals surface area contributed by atoms with Crippen LogP contribution in [0.3, 0.4) is 0 Å². The first-order valence-electron chi connectivity index (χ1n) is 7.56. The molecular formula is C14H24N2O3S. The lowest BCUT2D eigenvalue weighted by Gasteiger charge is -2.46. The molecule has 2 saturated heterocycles. The van der Waals surface area contributed by atoms with Crippen LogP contribution >= 0.6 is 0 Å². The fraction of sp³-hybridized carbons (Fsp3) is 0.857. The van der Waals surface area contributed by atoms with Gasteiger partial charge in [-0.05, 0) is 25.7 Å². The van der Waals surface area contributed by atoms with Crippen molar-refractivity contribution in [1.82, 2.24) is 9.80 Å². The van der Waals surface area contributed by atoms with E-state index in [1.807, 2.05) is 13.8 Å². The van der Waals surface area contributed by atoms with E-state index in [1.165, 1.54) is 0 Å². The first-order valence-corrected chi connectivity index (χ1v) is 9.04. The van der Waals surface area contributed by atoms with Crippen LogP contribution in [0.15, 0.2) is 0 Å².